The molecular weight excluding hydrogens is 243 g/mol. The van der Waals surface area contributed by atoms with Gasteiger partial charge < -0.3 is 10.8 Å². The van der Waals surface area contributed by atoms with Gasteiger partial charge in [0, 0.05) is 23.6 Å². The van der Waals surface area contributed by atoms with Gasteiger partial charge in [0.25, 0.3) is 0 Å². The third kappa shape index (κ3) is 2.38. The lowest BCUT2D eigenvalue weighted by molar-refractivity contribution is 0.220. The first-order chi connectivity index (χ1) is 8.09. The number of hydrogen-bond donors (Lipinski definition) is 2. The molecule has 0 spiro atoms. The predicted molar refractivity (Wildman–Crippen MR) is 64.1 cm³/mol. The van der Waals surface area contributed by atoms with E-state index in [1.54, 1.807) is 12.1 Å². The molecule has 1 aromatic carbocycles. The van der Waals surface area contributed by atoms with Crippen LogP contribution in [0, 0.1) is 5.82 Å². The molecule has 0 radical (unpaired) electrons. The average Bonchev–Trinajstić information content (AvgIpc) is 2.32. The lowest BCUT2D eigenvalue weighted by atomic mass is 10.0. The minimum absolute atomic E-state index is 0.0140. The Labute approximate surface area is 103 Å². The molecule has 0 saturated carbocycles. The summed E-state index contributed by atoms with van der Waals surface area (Å²) < 4.78 is 13.3. The zero-order valence-corrected chi connectivity index (χ0v) is 9.53. The van der Waals surface area contributed by atoms with E-state index >= 15 is 0 Å². The van der Waals surface area contributed by atoms with Gasteiger partial charge >= 0.3 is 0 Å². The molecule has 0 aliphatic rings. The van der Waals surface area contributed by atoms with E-state index in [4.69, 9.17) is 17.3 Å². The van der Waals surface area contributed by atoms with E-state index in [-0.39, 0.29) is 5.02 Å². The summed E-state index contributed by atoms with van der Waals surface area (Å²) in [5.41, 5.74) is 6.93. The Morgan fingerprint density at radius 2 is 2.12 bits per heavy atom. The Morgan fingerprint density at radius 3 is 2.76 bits per heavy atom. The number of nitrogen functional groups attached to an aromatic ring is 1. The van der Waals surface area contributed by atoms with Gasteiger partial charge in [0.15, 0.2) is 0 Å². The molecular formula is C12H10ClFN2O. The molecule has 0 bridgehead atoms. The minimum Gasteiger partial charge on any atom is -0.398 e. The molecule has 5 heteroatoms. The number of hydrogen-bond acceptors (Lipinski definition) is 3. The summed E-state index contributed by atoms with van der Waals surface area (Å²) in [6, 6.07) is 5.69. The molecule has 88 valence electrons. The number of aliphatic hydroxyl groups excluding tert-OH is 1. The van der Waals surface area contributed by atoms with E-state index in [1.807, 2.05) is 0 Å². The number of pyridine rings is 1. The summed E-state index contributed by atoms with van der Waals surface area (Å²) in [7, 11) is 0. The van der Waals surface area contributed by atoms with Gasteiger partial charge in [0.05, 0.1) is 5.02 Å². The van der Waals surface area contributed by atoms with Gasteiger partial charge in [-0.05, 0) is 23.8 Å². The van der Waals surface area contributed by atoms with Gasteiger partial charge in [-0.15, -0.1) is 0 Å². The molecule has 0 amide bonds. The summed E-state index contributed by atoms with van der Waals surface area (Å²) in [4.78, 5) is 3.87. The molecule has 3 nitrogen and oxygen atoms in total. The first-order valence-electron chi connectivity index (χ1n) is 4.92. The summed E-state index contributed by atoms with van der Waals surface area (Å²) >= 11 is 5.57. The van der Waals surface area contributed by atoms with Crippen molar-refractivity contribution < 1.29 is 9.50 Å². The van der Waals surface area contributed by atoms with Crippen LogP contribution in [0.25, 0.3) is 0 Å². The molecule has 2 rings (SSSR count). The molecule has 0 aliphatic heterocycles. The number of nitrogens with zero attached hydrogens (tertiary/aromatic N) is 1. The van der Waals surface area contributed by atoms with Gasteiger partial charge in [-0.1, -0.05) is 17.7 Å². The highest BCUT2D eigenvalue weighted by Gasteiger charge is 2.15. The van der Waals surface area contributed by atoms with Crippen molar-refractivity contribution in [2.75, 3.05) is 5.73 Å². The summed E-state index contributed by atoms with van der Waals surface area (Å²) in [5, 5.41) is 10.1. The smallest absolute Gasteiger partial charge is 0.142 e. The number of rotatable bonds is 2. The van der Waals surface area contributed by atoms with Gasteiger partial charge in [-0.25, -0.2) is 4.39 Å². The van der Waals surface area contributed by atoms with E-state index in [0.29, 0.717) is 16.8 Å². The Morgan fingerprint density at radius 1 is 1.35 bits per heavy atom. The van der Waals surface area contributed by atoms with Crippen LogP contribution in [0.2, 0.25) is 5.02 Å². The van der Waals surface area contributed by atoms with Gasteiger partial charge in [-0.2, -0.15) is 0 Å². The number of nitrogens with two attached hydrogens (primary N) is 1. The Balaban J connectivity index is 2.40. The third-order valence-electron chi connectivity index (χ3n) is 2.44. The van der Waals surface area contributed by atoms with Crippen LogP contribution < -0.4 is 5.73 Å². The SMILES string of the molecule is Nc1ccncc1C(O)c1ccc(Cl)c(F)c1. The van der Waals surface area contributed by atoms with Crippen molar-refractivity contribution in [3.63, 3.8) is 0 Å². The topological polar surface area (TPSA) is 59.1 Å². The van der Waals surface area contributed by atoms with E-state index in [2.05, 4.69) is 4.98 Å². The van der Waals surface area contributed by atoms with E-state index < -0.39 is 11.9 Å². The van der Waals surface area contributed by atoms with Crippen molar-refractivity contribution in [1.82, 2.24) is 4.98 Å². The minimum atomic E-state index is -1.02. The lowest BCUT2D eigenvalue weighted by Gasteiger charge is -2.13. The van der Waals surface area contributed by atoms with Crippen LogP contribution in [-0.4, -0.2) is 10.1 Å². The number of halogens is 2. The number of aromatic nitrogens is 1. The summed E-state index contributed by atoms with van der Waals surface area (Å²) in [5.74, 6) is -0.578. The highest BCUT2D eigenvalue weighted by Crippen LogP contribution is 2.27. The second-order valence-corrected chi connectivity index (χ2v) is 3.99. The fourth-order valence-electron chi connectivity index (χ4n) is 1.51. The van der Waals surface area contributed by atoms with Crippen molar-refractivity contribution in [3.8, 4) is 0 Å². The maximum Gasteiger partial charge on any atom is 0.142 e. The van der Waals surface area contributed by atoms with Crippen molar-refractivity contribution in [1.29, 1.82) is 0 Å². The first-order valence-corrected chi connectivity index (χ1v) is 5.30. The van der Waals surface area contributed by atoms with E-state index in [1.165, 1.54) is 24.5 Å². The monoisotopic (exact) mass is 252 g/mol. The third-order valence-corrected chi connectivity index (χ3v) is 2.75. The standard InChI is InChI=1S/C12H10ClFN2O/c13-9-2-1-7(5-10(9)14)12(17)8-6-16-4-3-11(8)15/h1-6,12,17H,(H2,15,16). The van der Waals surface area contributed by atoms with E-state index in [0.717, 1.165) is 0 Å². The second-order valence-electron chi connectivity index (χ2n) is 3.58. The van der Waals surface area contributed by atoms with Crippen molar-refractivity contribution in [2.24, 2.45) is 0 Å². The quantitative estimate of drug-likeness (QED) is 0.864. The van der Waals surface area contributed by atoms with E-state index in [9.17, 15) is 9.50 Å². The highest BCUT2D eigenvalue weighted by atomic mass is 35.5. The number of benzene rings is 1. The molecule has 1 unspecified atom stereocenters. The Bertz CT molecular complexity index is 548. The first kappa shape index (κ1) is 11.8. The molecule has 1 atom stereocenters. The molecule has 0 fully saturated rings. The van der Waals surface area contributed by atoms with Crippen LogP contribution in [0.15, 0.2) is 36.7 Å². The van der Waals surface area contributed by atoms with Crippen molar-refractivity contribution in [2.45, 2.75) is 6.10 Å². The van der Waals surface area contributed by atoms with Gasteiger partial charge in [0.1, 0.15) is 11.9 Å². The summed E-state index contributed by atoms with van der Waals surface area (Å²) in [6.07, 6.45) is 1.95. The molecule has 2 aromatic rings. The zero-order valence-electron chi connectivity index (χ0n) is 8.77. The Kier molecular flexibility index (Phi) is 3.26. The van der Waals surface area contributed by atoms with Crippen LogP contribution in [-0.2, 0) is 0 Å². The highest BCUT2D eigenvalue weighted by molar-refractivity contribution is 6.30. The largest absolute Gasteiger partial charge is 0.398 e. The zero-order chi connectivity index (χ0) is 12.4. The maximum atomic E-state index is 13.3. The maximum absolute atomic E-state index is 13.3. The molecule has 3 N–H and O–H groups in total. The fourth-order valence-corrected chi connectivity index (χ4v) is 1.63. The molecule has 17 heavy (non-hydrogen) atoms. The summed E-state index contributed by atoms with van der Waals surface area (Å²) in [6.45, 7) is 0. The average molecular weight is 253 g/mol. The van der Waals surface area contributed by atoms with Crippen LogP contribution in [0.3, 0.4) is 0 Å². The Hall–Kier alpha value is -1.65. The normalized spacial score (nSPS) is 12.4. The second kappa shape index (κ2) is 4.69. The number of aliphatic hydroxyl groups is 1. The number of anilines is 1. The van der Waals surface area contributed by atoms with Crippen molar-refractivity contribution in [3.05, 3.63) is 58.6 Å². The van der Waals surface area contributed by atoms with Gasteiger partial charge in [0.2, 0.25) is 0 Å². The predicted octanol–water partition coefficient (Wildman–Crippen LogP) is 2.54. The molecule has 1 aromatic heterocycles. The van der Waals surface area contributed by atoms with Crippen LogP contribution in [0.4, 0.5) is 10.1 Å². The molecule has 1 heterocycles. The van der Waals surface area contributed by atoms with Crippen molar-refractivity contribution >= 4 is 17.3 Å². The lowest BCUT2D eigenvalue weighted by Crippen LogP contribution is -2.04. The molecule has 0 aliphatic carbocycles. The fraction of sp³-hybridized carbons (Fsp3) is 0.0833. The molecule has 0 saturated heterocycles. The van der Waals surface area contributed by atoms with Crippen LogP contribution in [0.5, 0.6) is 0 Å². The van der Waals surface area contributed by atoms with Crippen LogP contribution in [0.1, 0.15) is 17.2 Å². The van der Waals surface area contributed by atoms with Gasteiger partial charge in [-0.3, -0.25) is 4.98 Å². The van der Waals surface area contributed by atoms with Crippen LogP contribution >= 0.6 is 11.6 Å².